The Morgan fingerprint density at radius 3 is 2.50 bits per heavy atom. The van der Waals surface area contributed by atoms with Crippen LogP contribution in [-0.2, 0) is 21.1 Å². The lowest BCUT2D eigenvalue weighted by molar-refractivity contribution is -0.125. The molecule has 6 heteroatoms. The number of hydrogen-bond donors (Lipinski definition) is 1. The number of rotatable bonds is 3. The number of primary amides is 1. The summed E-state index contributed by atoms with van der Waals surface area (Å²) < 4.78 is 30.7. The average Bonchev–Trinajstić information content (AvgIpc) is 2.54. The van der Waals surface area contributed by atoms with Gasteiger partial charge in [-0.25, -0.2) is 8.42 Å². The van der Waals surface area contributed by atoms with Gasteiger partial charge in [0, 0.05) is 0 Å². The quantitative estimate of drug-likeness (QED) is 0.933. The van der Waals surface area contributed by atoms with E-state index in [0.717, 1.165) is 5.56 Å². The largest absolute Gasteiger partial charge is 0.480 e. The van der Waals surface area contributed by atoms with Gasteiger partial charge < -0.3 is 10.5 Å². The van der Waals surface area contributed by atoms with Gasteiger partial charge in [-0.15, -0.1) is 0 Å². The molecule has 1 aliphatic heterocycles. The summed E-state index contributed by atoms with van der Waals surface area (Å²) in [7, 11) is -3.61. The topological polar surface area (TPSA) is 86.5 Å². The highest BCUT2D eigenvalue weighted by Gasteiger charge is 2.26. The lowest BCUT2D eigenvalue weighted by atomic mass is 10.0. The van der Waals surface area contributed by atoms with Gasteiger partial charge >= 0.3 is 0 Å². The molecular formula is C16H15NO4S. The molecule has 0 aliphatic carbocycles. The highest BCUT2D eigenvalue weighted by molar-refractivity contribution is 7.91. The van der Waals surface area contributed by atoms with Crippen molar-refractivity contribution >= 4 is 15.7 Å². The van der Waals surface area contributed by atoms with Crippen LogP contribution in [0.2, 0.25) is 0 Å². The van der Waals surface area contributed by atoms with Gasteiger partial charge in [-0.1, -0.05) is 24.3 Å². The molecule has 2 aromatic carbocycles. The zero-order chi connectivity index (χ0) is 15.7. The van der Waals surface area contributed by atoms with E-state index in [2.05, 4.69) is 0 Å². The molecule has 2 aromatic rings. The number of fused-ring (bicyclic) bond motifs is 1. The van der Waals surface area contributed by atoms with Crippen LogP contribution in [0.1, 0.15) is 12.0 Å². The molecule has 1 amide bonds. The maximum Gasteiger partial charge on any atom is 0.258 e. The fraction of sp³-hybridized carbons (Fsp3) is 0.188. The van der Waals surface area contributed by atoms with Gasteiger partial charge in [-0.05, 0) is 42.7 Å². The van der Waals surface area contributed by atoms with Crippen LogP contribution in [0.4, 0.5) is 0 Å². The number of amides is 1. The first-order valence-corrected chi connectivity index (χ1v) is 8.36. The monoisotopic (exact) mass is 317 g/mol. The zero-order valence-electron chi connectivity index (χ0n) is 11.7. The normalized spacial score (nSPS) is 17.4. The smallest absolute Gasteiger partial charge is 0.258 e. The minimum atomic E-state index is -3.61. The Balaban J connectivity index is 2.01. The van der Waals surface area contributed by atoms with Crippen molar-refractivity contribution in [2.24, 2.45) is 5.73 Å². The van der Waals surface area contributed by atoms with Crippen molar-refractivity contribution in [3.8, 4) is 5.75 Å². The first kappa shape index (κ1) is 14.6. The molecule has 2 N–H and O–H groups in total. The van der Waals surface area contributed by atoms with Crippen molar-refractivity contribution in [1.29, 1.82) is 0 Å². The Kier molecular flexibility index (Phi) is 3.62. The SMILES string of the molecule is NC(=O)[C@H]1CCc2ccc(S(=O)(=O)c3ccccc3)cc2O1. The summed E-state index contributed by atoms with van der Waals surface area (Å²) in [5, 5.41) is 0. The minimum Gasteiger partial charge on any atom is -0.480 e. The Labute approximate surface area is 128 Å². The van der Waals surface area contributed by atoms with Crippen molar-refractivity contribution < 1.29 is 17.9 Å². The van der Waals surface area contributed by atoms with Gasteiger partial charge in [-0.2, -0.15) is 0 Å². The van der Waals surface area contributed by atoms with E-state index in [1.807, 2.05) is 0 Å². The van der Waals surface area contributed by atoms with E-state index in [0.29, 0.717) is 18.6 Å². The first-order chi connectivity index (χ1) is 10.5. The van der Waals surface area contributed by atoms with Crippen LogP contribution in [-0.4, -0.2) is 20.4 Å². The number of aryl methyl sites for hydroxylation is 1. The number of nitrogens with two attached hydrogens (primary N) is 1. The van der Waals surface area contributed by atoms with Gasteiger partial charge in [0.1, 0.15) is 5.75 Å². The number of benzene rings is 2. The molecule has 0 saturated heterocycles. The molecule has 0 fully saturated rings. The second kappa shape index (κ2) is 5.46. The molecule has 0 unspecified atom stereocenters. The molecule has 0 saturated carbocycles. The van der Waals surface area contributed by atoms with Crippen LogP contribution >= 0.6 is 0 Å². The number of ether oxygens (including phenoxy) is 1. The van der Waals surface area contributed by atoms with Crippen LogP contribution < -0.4 is 10.5 Å². The fourth-order valence-electron chi connectivity index (χ4n) is 2.45. The molecule has 114 valence electrons. The Morgan fingerprint density at radius 2 is 1.82 bits per heavy atom. The molecule has 1 heterocycles. The number of hydrogen-bond acceptors (Lipinski definition) is 4. The third-order valence-corrected chi connectivity index (χ3v) is 5.43. The summed E-state index contributed by atoms with van der Waals surface area (Å²) in [6.07, 6.45) is 0.434. The van der Waals surface area contributed by atoms with Gasteiger partial charge in [0.05, 0.1) is 9.79 Å². The third-order valence-electron chi connectivity index (χ3n) is 3.66. The average molecular weight is 317 g/mol. The summed E-state index contributed by atoms with van der Waals surface area (Å²) in [5.74, 6) is -0.131. The summed E-state index contributed by atoms with van der Waals surface area (Å²) in [4.78, 5) is 11.6. The van der Waals surface area contributed by atoms with E-state index in [-0.39, 0.29) is 9.79 Å². The lowest BCUT2D eigenvalue weighted by Gasteiger charge is -2.24. The molecule has 3 rings (SSSR count). The first-order valence-electron chi connectivity index (χ1n) is 6.87. The van der Waals surface area contributed by atoms with Gasteiger partial charge in [0.25, 0.3) is 5.91 Å². The molecule has 1 atom stereocenters. The van der Waals surface area contributed by atoms with E-state index >= 15 is 0 Å². The van der Waals surface area contributed by atoms with Crippen molar-refractivity contribution in [2.45, 2.75) is 28.7 Å². The molecule has 0 aromatic heterocycles. The van der Waals surface area contributed by atoms with Crippen molar-refractivity contribution in [3.05, 3.63) is 54.1 Å². The highest BCUT2D eigenvalue weighted by atomic mass is 32.2. The van der Waals surface area contributed by atoms with E-state index in [9.17, 15) is 13.2 Å². The van der Waals surface area contributed by atoms with E-state index < -0.39 is 21.8 Å². The van der Waals surface area contributed by atoms with Gasteiger partial charge in [0.2, 0.25) is 9.84 Å². The van der Waals surface area contributed by atoms with Crippen molar-refractivity contribution in [2.75, 3.05) is 0 Å². The van der Waals surface area contributed by atoms with Crippen LogP contribution in [0.25, 0.3) is 0 Å². The highest BCUT2D eigenvalue weighted by Crippen LogP contribution is 2.32. The van der Waals surface area contributed by atoms with E-state index in [1.165, 1.54) is 6.07 Å². The summed E-state index contributed by atoms with van der Waals surface area (Å²) in [6.45, 7) is 0. The zero-order valence-corrected chi connectivity index (χ0v) is 12.5. The van der Waals surface area contributed by atoms with Gasteiger partial charge in [0.15, 0.2) is 6.10 Å². The van der Waals surface area contributed by atoms with Crippen molar-refractivity contribution in [1.82, 2.24) is 0 Å². The van der Waals surface area contributed by atoms with Gasteiger partial charge in [-0.3, -0.25) is 4.79 Å². The second-order valence-electron chi connectivity index (χ2n) is 5.13. The maximum atomic E-state index is 12.6. The summed E-state index contributed by atoms with van der Waals surface area (Å²) >= 11 is 0. The number of carbonyl (C=O) groups excluding carboxylic acids is 1. The van der Waals surface area contributed by atoms with Crippen LogP contribution in [0, 0.1) is 0 Å². The Bertz CT molecular complexity index is 815. The molecule has 0 bridgehead atoms. The molecule has 0 spiro atoms. The third kappa shape index (κ3) is 2.57. The minimum absolute atomic E-state index is 0.141. The summed E-state index contributed by atoms with van der Waals surface area (Å²) in [5.41, 5.74) is 6.14. The van der Waals surface area contributed by atoms with Crippen molar-refractivity contribution in [3.63, 3.8) is 0 Å². The Hall–Kier alpha value is -2.34. The van der Waals surface area contributed by atoms with Crippen LogP contribution in [0.3, 0.4) is 0 Å². The van der Waals surface area contributed by atoms with E-state index in [4.69, 9.17) is 10.5 Å². The molecule has 22 heavy (non-hydrogen) atoms. The predicted octanol–water partition coefficient (Wildman–Crippen LogP) is 1.70. The number of carbonyl (C=O) groups is 1. The fourth-order valence-corrected chi connectivity index (χ4v) is 3.75. The molecule has 5 nitrogen and oxygen atoms in total. The van der Waals surface area contributed by atoms with Crippen LogP contribution in [0.15, 0.2) is 58.3 Å². The molecular weight excluding hydrogens is 302 g/mol. The second-order valence-corrected chi connectivity index (χ2v) is 7.08. The molecule has 1 aliphatic rings. The summed E-state index contributed by atoms with van der Waals surface area (Å²) in [6, 6.07) is 12.9. The lowest BCUT2D eigenvalue weighted by Crippen LogP contribution is -2.36. The maximum absolute atomic E-state index is 12.6. The standard InChI is InChI=1S/C16H15NO4S/c17-16(18)14-9-7-11-6-8-13(10-15(11)21-14)22(19,20)12-4-2-1-3-5-12/h1-6,8,10,14H,7,9H2,(H2,17,18)/t14-/m1/s1. The number of sulfone groups is 1. The predicted molar refractivity (Wildman–Crippen MR) is 80.3 cm³/mol. The van der Waals surface area contributed by atoms with E-state index in [1.54, 1.807) is 42.5 Å². The van der Waals surface area contributed by atoms with Crippen LogP contribution in [0.5, 0.6) is 5.75 Å². The Morgan fingerprint density at radius 1 is 1.09 bits per heavy atom. The molecule has 0 radical (unpaired) electrons.